The zero-order chi connectivity index (χ0) is 33.8. The monoisotopic (exact) mass is 695 g/mol. The second-order valence-corrected chi connectivity index (χ2v) is 12.6. The molecule has 2 fully saturated rings. The number of β-amino-alcohol motifs (C(OH)–C–C–N with tert-alkyl or cyclic N) is 1. The minimum atomic E-state index is -1.10. The van der Waals surface area contributed by atoms with Gasteiger partial charge in [0.05, 0.1) is 54.2 Å². The van der Waals surface area contributed by atoms with E-state index < -0.39 is 12.3 Å². The summed E-state index contributed by atoms with van der Waals surface area (Å²) in [6.45, 7) is 1.89. The predicted molar refractivity (Wildman–Crippen MR) is 181 cm³/mol. The normalized spacial score (nSPS) is 19.7. The lowest BCUT2D eigenvalue weighted by atomic mass is 9.98. The Morgan fingerprint density at radius 2 is 1.52 bits per heavy atom. The van der Waals surface area contributed by atoms with E-state index in [2.05, 4.69) is 25.6 Å². The van der Waals surface area contributed by atoms with Crippen molar-refractivity contribution in [3.05, 3.63) is 70.2 Å². The molecule has 11 nitrogen and oxygen atoms in total. The molecule has 2 aliphatic heterocycles. The largest absolute Gasteiger partial charge is 0.480 e. The van der Waals surface area contributed by atoms with Crippen LogP contribution in [0.2, 0.25) is 10.0 Å². The molecule has 6 rings (SSSR count). The van der Waals surface area contributed by atoms with E-state index in [4.69, 9.17) is 37.7 Å². The summed E-state index contributed by atoms with van der Waals surface area (Å²) < 4.78 is 25.2. The fourth-order valence-corrected chi connectivity index (χ4v) is 6.77. The molecule has 1 amide bonds. The number of halogens is 3. The summed E-state index contributed by atoms with van der Waals surface area (Å²) in [5.74, 6) is 0.735. The quantitative estimate of drug-likeness (QED) is 0.200. The van der Waals surface area contributed by atoms with E-state index in [9.17, 15) is 14.3 Å². The first-order valence-electron chi connectivity index (χ1n) is 15.7. The smallest absolute Gasteiger partial charge is 0.237 e. The highest BCUT2D eigenvalue weighted by atomic mass is 35.5. The van der Waals surface area contributed by atoms with Gasteiger partial charge in [-0.05, 0) is 6.42 Å². The number of carbonyl (C=O) groups excluding carboxylic acids is 1. The van der Waals surface area contributed by atoms with Crippen molar-refractivity contribution in [1.82, 2.24) is 35.5 Å². The summed E-state index contributed by atoms with van der Waals surface area (Å²) in [6, 6.07) is 11.3. The molecular weight excluding hydrogens is 660 g/mol. The van der Waals surface area contributed by atoms with Crippen LogP contribution in [0, 0.1) is 0 Å². The number of aromatic nitrogens is 4. The fourth-order valence-electron chi connectivity index (χ4n) is 6.12. The first kappa shape index (κ1) is 33.9. The molecule has 252 valence electrons. The molecule has 14 heteroatoms. The zero-order valence-corrected chi connectivity index (χ0v) is 28.1. The second kappa shape index (κ2) is 15.1. The van der Waals surface area contributed by atoms with Crippen molar-refractivity contribution in [2.75, 3.05) is 33.9 Å². The van der Waals surface area contributed by atoms with Crippen LogP contribution >= 0.6 is 23.2 Å². The average Bonchev–Trinajstić information content (AvgIpc) is 3.49. The Morgan fingerprint density at radius 3 is 2.08 bits per heavy atom. The lowest BCUT2D eigenvalue weighted by Crippen LogP contribution is -2.43. The molecule has 0 radical (unpaired) electrons. The molecule has 48 heavy (non-hydrogen) atoms. The van der Waals surface area contributed by atoms with E-state index in [1.54, 1.807) is 24.4 Å². The topological polar surface area (TPSA) is 135 Å². The van der Waals surface area contributed by atoms with Crippen LogP contribution in [0.15, 0.2) is 48.8 Å². The van der Waals surface area contributed by atoms with Gasteiger partial charge in [0.2, 0.25) is 17.7 Å². The number of rotatable bonds is 11. The van der Waals surface area contributed by atoms with Crippen LogP contribution in [-0.4, -0.2) is 88.0 Å². The number of hydrogen-bond acceptors (Lipinski definition) is 10. The van der Waals surface area contributed by atoms with Crippen molar-refractivity contribution >= 4 is 29.1 Å². The molecule has 4 aromatic rings. The SMILES string of the molecule is COc1nc(-c2cccc(-c3cccc(-c4cnc(CN5C[C@@H](O)C[C@@H](F)C5)c(OC)n4)c3Cl)c2Cl)cnc1CNC[C@@H]1CCC(=O)N1. The van der Waals surface area contributed by atoms with Gasteiger partial charge in [-0.25, -0.2) is 14.4 Å². The van der Waals surface area contributed by atoms with Gasteiger partial charge in [0.15, 0.2) is 0 Å². The summed E-state index contributed by atoms with van der Waals surface area (Å²) in [7, 11) is 3.04. The van der Waals surface area contributed by atoms with Crippen molar-refractivity contribution in [2.24, 2.45) is 0 Å². The van der Waals surface area contributed by atoms with Crippen molar-refractivity contribution in [3.63, 3.8) is 0 Å². The Morgan fingerprint density at radius 1 is 0.938 bits per heavy atom. The molecule has 0 unspecified atom stereocenters. The molecular formula is C34H36Cl2FN7O4. The molecule has 0 saturated carbocycles. The van der Waals surface area contributed by atoms with Crippen molar-refractivity contribution in [2.45, 2.75) is 50.7 Å². The van der Waals surface area contributed by atoms with Gasteiger partial charge in [-0.2, -0.15) is 0 Å². The summed E-state index contributed by atoms with van der Waals surface area (Å²) in [5, 5.41) is 17.1. The standard InChI is InChI=1S/C34H36Cl2FN7O4/c1-47-33-28(13-38-12-20-9-10-30(46)41-20)39-14-26(42-33)24-7-3-5-22(31(24)35)23-6-4-8-25(32(23)36)27-15-40-29(34(43-27)48-2)18-44-16-19(37)11-21(45)17-44/h3-8,14-15,19-21,38,45H,9-13,16-18H2,1-2H3,(H,41,46)/t19-,20+,21+/m1/s1. The van der Waals surface area contributed by atoms with Crippen LogP contribution in [0.5, 0.6) is 11.8 Å². The van der Waals surface area contributed by atoms with Gasteiger partial charge < -0.3 is 25.2 Å². The Balaban J connectivity index is 1.24. The number of ether oxygens (including phenoxy) is 2. The Hall–Kier alpha value is -3.94. The van der Waals surface area contributed by atoms with E-state index in [1.807, 2.05) is 36.4 Å². The van der Waals surface area contributed by atoms with Crippen LogP contribution < -0.4 is 20.1 Å². The summed E-state index contributed by atoms with van der Waals surface area (Å²) in [4.78, 5) is 31.9. The number of aliphatic hydroxyl groups is 1. The molecule has 4 heterocycles. The number of aliphatic hydroxyl groups excluding tert-OH is 1. The van der Waals surface area contributed by atoms with Crippen LogP contribution in [0.1, 0.15) is 30.7 Å². The lowest BCUT2D eigenvalue weighted by Gasteiger charge is -2.32. The molecule has 0 spiro atoms. The van der Waals surface area contributed by atoms with Crippen LogP contribution in [0.4, 0.5) is 4.39 Å². The maximum atomic E-state index is 14.1. The summed E-state index contributed by atoms with van der Waals surface area (Å²) in [6.07, 6.45) is 2.91. The number of benzene rings is 2. The lowest BCUT2D eigenvalue weighted by molar-refractivity contribution is -0.119. The van der Waals surface area contributed by atoms with E-state index in [-0.39, 0.29) is 31.5 Å². The molecule has 2 aromatic carbocycles. The van der Waals surface area contributed by atoms with Gasteiger partial charge >= 0.3 is 0 Å². The average molecular weight is 697 g/mol. The molecule has 3 N–H and O–H groups in total. The van der Waals surface area contributed by atoms with Crippen LogP contribution in [0.3, 0.4) is 0 Å². The minimum Gasteiger partial charge on any atom is -0.480 e. The van der Waals surface area contributed by atoms with Gasteiger partial charge in [-0.3, -0.25) is 19.7 Å². The highest BCUT2D eigenvalue weighted by Crippen LogP contribution is 2.42. The third-order valence-corrected chi connectivity index (χ3v) is 9.26. The number of likely N-dealkylation sites (tertiary alicyclic amines) is 1. The molecule has 2 saturated heterocycles. The van der Waals surface area contributed by atoms with Crippen molar-refractivity contribution in [1.29, 1.82) is 0 Å². The molecule has 0 aliphatic carbocycles. The summed E-state index contributed by atoms with van der Waals surface area (Å²) in [5.41, 5.74) is 4.84. The number of piperidine rings is 1. The highest BCUT2D eigenvalue weighted by Gasteiger charge is 2.27. The number of alkyl halides is 1. The fraction of sp³-hybridized carbons (Fsp3) is 0.382. The first-order valence-corrected chi connectivity index (χ1v) is 16.4. The molecule has 2 aromatic heterocycles. The van der Waals surface area contributed by atoms with Gasteiger partial charge in [0.1, 0.15) is 17.6 Å². The highest BCUT2D eigenvalue weighted by molar-refractivity contribution is 6.39. The molecule has 0 bridgehead atoms. The van der Waals surface area contributed by atoms with E-state index in [1.165, 1.54) is 7.11 Å². The van der Waals surface area contributed by atoms with Crippen molar-refractivity contribution < 1.29 is 23.8 Å². The summed E-state index contributed by atoms with van der Waals surface area (Å²) >= 11 is 14.0. The van der Waals surface area contributed by atoms with Gasteiger partial charge in [-0.1, -0.05) is 59.6 Å². The number of hydrogen-bond donors (Lipinski definition) is 3. The van der Waals surface area contributed by atoms with Crippen LogP contribution in [0.25, 0.3) is 33.6 Å². The molecule has 3 atom stereocenters. The van der Waals surface area contributed by atoms with Crippen LogP contribution in [-0.2, 0) is 17.9 Å². The predicted octanol–water partition coefficient (Wildman–Crippen LogP) is 4.86. The van der Waals surface area contributed by atoms with Gasteiger partial charge in [0, 0.05) is 73.9 Å². The van der Waals surface area contributed by atoms with E-state index in [0.717, 1.165) is 6.42 Å². The first-order chi connectivity index (χ1) is 23.2. The Bertz CT molecular complexity index is 1790. The third kappa shape index (κ3) is 7.53. The second-order valence-electron chi connectivity index (χ2n) is 11.9. The number of methoxy groups -OCH3 is 2. The Kier molecular flexibility index (Phi) is 10.7. The number of amides is 1. The van der Waals surface area contributed by atoms with E-state index >= 15 is 0 Å². The maximum Gasteiger partial charge on any atom is 0.237 e. The van der Waals surface area contributed by atoms with Gasteiger partial charge in [0.25, 0.3) is 0 Å². The van der Waals surface area contributed by atoms with E-state index in [0.29, 0.717) is 92.9 Å². The number of nitrogens with one attached hydrogen (secondary N) is 2. The molecule has 2 aliphatic rings. The Labute approximate surface area is 287 Å². The zero-order valence-electron chi connectivity index (χ0n) is 26.5. The van der Waals surface area contributed by atoms with Crippen molar-refractivity contribution in [3.8, 4) is 45.4 Å². The maximum absolute atomic E-state index is 14.1. The minimum absolute atomic E-state index is 0.0731. The third-order valence-electron chi connectivity index (χ3n) is 8.44. The number of carbonyl (C=O) groups is 1. The number of nitrogens with zero attached hydrogens (tertiary/aromatic N) is 5. The van der Waals surface area contributed by atoms with Gasteiger partial charge in [-0.15, -0.1) is 0 Å².